The maximum Gasteiger partial charge on any atom is 0.338 e. The summed E-state index contributed by atoms with van der Waals surface area (Å²) in [5.41, 5.74) is 2.81. The van der Waals surface area contributed by atoms with Crippen molar-refractivity contribution in [2.24, 2.45) is 0 Å². The molecule has 106 valence electrons. The first-order chi connectivity index (χ1) is 10.3. The minimum atomic E-state index is -0.402. The molecule has 0 unspecified atom stereocenters. The summed E-state index contributed by atoms with van der Waals surface area (Å²) < 4.78 is 15.8. The Hall–Kier alpha value is -2.75. The molecule has 0 atom stereocenters. The molecule has 0 amide bonds. The van der Waals surface area contributed by atoms with E-state index in [0.717, 1.165) is 11.1 Å². The normalized spacial score (nSPS) is 10.6. The topological polar surface area (TPSA) is 48.7 Å². The Balaban J connectivity index is 2.34. The van der Waals surface area contributed by atoms with Gasteiger partial charge in [0.25, 0.3) is 0 Å². The lowest BCUT2D eigenvalue weighted by atomic mass is 10.0. The summed E-state index contributed by atoms with van der Waals surface area (Å²) in [4.78, 5) is 12.0. The van der Waals surface area contributed by atoms with Crippen LogP contribution in [-0.4, -0.2) is 20.2 Å². The third kappa shape index (κ3) is 2.14. The Morgan fingerprint density at radius 3 is 2.48 bits per heavy atom. The molecule has 0 radical (unpaired) electrons. The van der Waals surface area contributed by atoms with Crippen LogP contribution in [0, 0.1) is 0 Å². The van der Waals surface area contributed by atoms with Gasteiger partial charge in [-0.3, -0.25) is 0 Å². The van der Waals surface area contributed by atoms with Crippen molar-refractivity contribution < 1.29 is 18.7 Å². The Kier molecular flexibility index (Phi) is 3.36. The van der Waals surface area contributed by atoms with E-state index in [-0.39, 0.29) is 0 Å². The van der Waals surface area contributed by atoms with Crippen LogP contribution in [0.15, 0.2) is 53.1 Å². The standard InChI is InChI=1S/C17H14O4/c1-19-14-9-8-12(17(18)20-2)15-13(10-21-16(14)15)11-6-4-3-5-7-11/h3-10H,1-2H3. The predicted molar refractivity (Wildman–Crippen MR) is 79.5 cm³/mol. The maximum absolute atomic E-state index is 12.0. The van der Waals surface area contributed by atoms with E-state index in [1.165, 1.54) is 7.11 Å². The third-order valence-electron chi connectivity index (χ3n) is 3.40. The van der Waals surface area contributed by atoms with Gasteiger partial charge >= 0.3 is 5.97 Å². The molecule has 4 nitrogen and oxygen atoms in total. The van der Waals surface area contributed by atoms with Crippen molar-refractivity contribution in [3.8, 4) is 16.9 Å². The average molecular weight is 282 g/mol. The maximum atomic E-state index is 12.0. The monoisotopic (exact) mass is 282 g/mol. The van der Waals surface area contributed by atoms with Crippen molar-refractivity contribution in [1.82, 2.24) is 0 Å². The summed E-state index contributed by atoms with van der Waals surface area (Å²) in [5, 5.41) is 0.701. The van der Waals surface area contributed by atoms with Gasteiger partial charge in [0.05, 0.1) is 26.0 Å². The van der Waals surface area contributed by atoms with Gasteiger partial charge in [-0.1, -0.05) is 30.3 Å². The van der Waals surface area contributed by atoms with E-state index in [0.29, 0.717) is 22.3 Å². The largest absolute Gasteiger partial charge is 0.493 e. The minimum absolute atomic E-state index is 0.402. The fraction of sp³-hybridized carbons (Fsp3) is 0.118. The second-order valence-electron chi connectivity index (χ2n) is 4.53. The lowest BCUT2D eigenvalue weighted by Gasteiger charge is -2.06. The highest BCUT2D eigenvalue weighted by atomic mass is 16.5. The molecule has 0 aliphatic heterocycles. The first-order valence-electron chi connectivity index (χ1n) is 6.48. The molecule has 0 fully saturated rings. The van der Waals surface area contributed by atoms with Crippen LogP contribution in [0.1, 0.15) is 10.4 Å². The third-order valence-corrected chi connectivity index (χ3v) is 3.40. The summed E-state index contributed by atoms with van der Waals surface area (Å²) in [6.45, 7) is 0. The fourth-order valence-electron chi connectivity index (χ4n) is 2.40. The Morgan fingerprint density at radius 2 is 1.81 bits per heavy atom. The van der Waals surface area contributed by atoms with E-state index in [2.05, 4.69) is 0 Å². The number of furan rings is 1. The van der Waals surface area contributed by atoms with Crippen LogP contribution in [0.5, 0.6) is 5.75 Å². The van der Waals surface area contributed by atoms with E-state index in [1.54, 1.807) is 25.5 Å². The first kappa shape index (κ1) is 13.2. The molecule has 2 aromatic carbocycles. The van der Waals surface area contributed by atoms with Crippen molar-refractivity contribution in [2.45, 2.75) is 0 Å². The molecule has 4 heteroatoms. The molecule has 0 saturated carbocycles. The van der Waals surface area contributed by atoms with Gasteiger partial charge in [-0.25, -0.2) is 4.79 Å². The van der Waals surface area contributed by atoms with E-state index >= 15 is 0 Å². The van der Waals surface area contributed by atoms with Gasteiger partial charge in [-0.05, 0) is 17.7 Å². The second-order valence-corrected chi connectivity index (χ2v) is 4.53. The minimum Gasteiger partial charge on any atom is -0.493 e. The Labute approximate surface area is 121 Å². The molecule has 0 bridgehead atoms. The number of rotatable bonds is 3. The van der Waals surface area contributed by atoms with Gasteiger partial charge in [0, 0.05) is 10.9 Å². The fourth-order valence-corrected chi connectivity index (χ4v) is 2.40. The van der Waals surface area contributed by atoms with Crippen LogP contribution in [0.3, 0.4) is 0 Å². The summed E-state index contributed by atoms with van der Waals surface area (Å²) >= 11 is 0. The molecule has 0 spiro atoms. The molecule has 3 aromatic rings. The molecule has 0 aliphatic carbocycles. The molecule has 1 heterocycles. The van der Waals surface area contributed by atoms with Crippen LogP contribution in [0.4, 0.5) is 0 Å². The number of hydrogen-bond acceptors (Lipinski definition) is 4. The SMILES string of the molecule is COC(=O)c1ccc(OC)c2occ(-c3ccccc3)c12. The second kappa shape index (κ2) is 5.32. The molecule has 0 aliphatic rings. The average Bonchev–Trinajstić information content (AvgIpc) is 2.99. The molecular weight excluding hydrogens is 268 g/mol. The van der Waals surface area contributed by atoms with Crippen molar-refractivity contribution >= 4 is 16.9 Å². The van der Waals surface area contributed by atoms with Crippen molar-refractivity contribution in [3.05, 3.63) is 54.3 Å². The molecule has 0 saturated heterocycles. The number of carbonyl (C=O) groups is 1. The number of esters is 1. The van der Waals surface area contributed by atoms with E-state index in [1.807, 2.05) is 30.3 Å². The van der Waals surface area contributed by atoms with Crippen LogP contribution in [0.25, 0.3) is 22.1 Å². The highest BCUT2D eigenvalue weighted by Crippen LogP contribution is 2.38. The van der Waals surface area contributed by atoms with Crippen molar-refractivity contribution in [3.63, 3.8) is 0 Å². The highest BCUT2D eigenvalue weighted by Gasteiger charge is 2.20. The highest BCUT2D eigenvalue weighted by molar-refractivity contribution is 6.10. The smallest absolute Gasteiger partial charge is 0.338 e. The van der Waals surface area contributed by atoms with E-state index < -0.39 is 5.97 Å². The Bertz CT molecular complexity index is 787. The number of methoxy groups -OCH3 is 2. The molecule has 1 aromatic heterocycles. The van der Waals surface area contributed by atoms with Crippen LogP contribution < -0.4 is 4.74 Å². The summed E-state index contributed by atoms with van der Waals surface area (Å²) in [7, 11) is 2.93. The molecular formula is C17H14O4. The van der Waals surface area contributed by atoms with Gasteiger partial charge in [0.15, 0.2) is 11.3 Å². The zero-order valence-corrected chi connectivity index (χ0v) is 11.8. The molecule has 3 rings (SSSR count). The number of fused-ring (bicyclic) bond motifs is 1. The zero-order valence-electron chi connectivity index (χ0n) is 11.8. The van der Waals surface area contributed by atoms with Crippen molar-refractivity contribution in [1.29, 1.82) is 0 Å². The number of ether oxygens (including phenoxy) is 2. The van der Waals surface area contributed by atoms with Gasteiger partial charge in [-0.15, -0.1) is 0 Å². The number of hydrogen-bond donors (Lipinski definition) is 0. The summed E-state index contributed by atoms with van der Waals surface area (Å²) in [6.07, 6.45) is 1.63. The predicted octanol–water partition coefficient (Wildman–Crippen LogP) is 3.90. The first-order valence-corrected chi connectivity index (χ1v) is 6.48. The molecule has 21 heavy (non-hydrogen) atoms. The molecule has 0 N–H and O–H groups in total. The lowest BCUT2D eigenvalue weighted by Crippen LogP contribution is -2.02. The van der Waals surface area contributed by atoms with E-state index in [4.69, 9.17) is 13.9 Å². The Morgan fingerprint density at radius 1 is 1.05 bits per heavy atom. The number of carbonyl (C=O) groups excluding carboxylic acids is 1. The van der Waals surface area contributed by atoms with Gasteiger partial charge < -0.3 is 13.9 Å². The van der Waals surface area contributed by atoms with Crippen LogP contribution >= 0.6 is 0 Å². The number of benzene rings is 2. The quantitative estimate of drug-likeness (QED) is 0.684. The lowest BCUT2D eigenvalue weighted by molar-refractivity contribution is 0.0603. The van der Waals surface area contributed by atoms with Gasteiger partial charge in [-0.2, -0.15) is 0 Å². The van der Waals surface area contributed by atoms with Crippen LogP contribution in [-0.2, 0) is 4.74 Å². The zero-order chi connectivity index (χ0) is 14.8. The summed E-state index contributed by atoms with van der Waals surface area (Å²) in [5.74, 6) is 0.182. The van der Waals surface area contributed by atoms with Crippen LogP contribution in [0.2, 0.25) is 0 Å². The van der Waals surface area contributed by atoms with Gasteiger partial charge in [0.2, 0.25) is 0 Å². The van der Waals surface area contributed by atoms with Crippen molar-refractivity contribution in [2.75, 3.05) is 14.2 Å². The van der Waals surface area contributed by atoms with E-state index in [9.17, 15) is 4.79 Å². The summed E-state index contributed by atoms with van der Waals surface area (Å²) in [6, 6.07) is 13.1. The van der Waals surface area contributed by atoms with Gasteiger partial charge in [0.1, 0.15) is 0 Å².